The summed E-state index contributed by atoms with van der Waals surface area (Å²) in [5, 5.41) is 8.23. The number of pyridine rings is 1. The predicted molar refractivity (Wildman–Crippen MR) is 100 cm³/mol. The number of aryl methyl sites for hydroxylation is 1. The first-order chi connectivity index (χ1) is 12.7. The number of hydrogen-bond donors (Lipinski definition) is 1. The molecule has 0 radical (unpaired) electrons. The molecule has 4 rings (SSSR count). The second-order valence-electron chi connectivity index (χ2n) is 6.23. The van der Waals surface area contributed by atoms with Crippen LogP contribution >= 0.6 is 0 Å². The van der Waals surface area contributed by atoms with Crippen molar-refractivity contribution in [1.29, 1.82) is 0 Å². The van der Waals surface area contributed by atoms with Gasteiger partial charge < -0.3 is 9.88 Å². The van der Waals surface area contributed by atoms with Crippen LogP contribution in [-0.2, 0) is 24.9 Å². The first-order valence-corrected chi connectivity index (χ1v) is 8.43. The lowest BCUT2D eigenvalue weighted by Crippen LogP contribution is -2.26. The third-order valence-corrected chi connectivity index (χ3v) is 4.31. The van der Waals surface area contributed by atoms with Crippen LogP contribution in [0.25, 0.3) is 22.2 Å². The van der Waals surface area contributed by atoms with Crippen molar-refractivity contribution in [2.45, 2.75) is 13.1 Å². The molecule has 0 fully saturated rings. The van der Waals surface area contributed by atoms with E-state index in [0.717, 1.165) is 27.7 Å². The first kappa shape index (κ1) is 16.1. The number of hydrogen-bond acceptors (Lipinski definition) is 3. The molecule has 130 valence electrons. The summed E-state index contributed by atoms with van der Waals surface area (Å²) in [5.74, 6) is -0.0253. The number of rotatable bonds is 5. The van der Waals surface area contributed by atoms with Crippen molar-refractivity contribution in [1.82, 2.24) is 24.6 Å². The summed E-state index contributed by atoms with van der Waals surface area (Å²) in [6.45, 7) is 0.757. The van der Waals surface area contributed by atoms with E-state index in [4.69, 9.17) is 0 Å². The van der Waals surface area contributed by atoms with Gasteiger partial charge in [0.05, 0.1) is 11.9 Å². The molecule has 1 amide bonds. The Hall–Kier alpha value is -3.41. The zero-order valence-corrected chi connectivity index (χ0v) is 14.5. The van der Waals surface area contributed by atoms with E-state index < -0.39 is 0 Å². The largest absolute Gasteiger partial charge is 0.350 e. The van der Waals surface area contributed by atoms with Crippen molar-refractivity contribution >= 4 is 16.8 Å². The van der Waals surface area contributed by atoms with E-state index in [1.54, 1.807) is 17.1 Å². The number of benzene rings is 1. The molecular weight excluding hydrogens is 326 g/mol. The first-order valence-electron chi connectivity index (χ1n) is 8.43. The van der Waals surface area contributed by atoms with Gasteiger partial charge in [0.2, 0.25) is 5.91 Å². The monoisotopic (exact) mass is 345 g/mol. The van der Waals surface area contributed by atoms with Crippen LogP contribution in [0.4, 0.5) is 0 Å². The number of fused-ring (bicyclic) bond motifs is 1. The lowest BCUT2D eigenvalue weighted by molar-refractivity contribution is -0.121. The van der Waals surface area contributed by atoms with Crippen LogP contribution in [0.5, 0.6) is 0 Å². The molecule has 0 saturated heterocycles. The third kappa shape index (κ3) is 3.35. The van der Waals surface area contributed by atoms with Gasteiger partial charge in [-0.2, -0.15) is 5.10 Å². The average Bonchev–Trinajstić information content (AvgIpc) is 3.27. The van der Waals surface area contributed by atoms with E-state index >= 15 is 0 Å². The molecule has 1 aromatic carbocycles. The third-order valence-electron chi connectivity index (χ3n) is 4.31. The fourth-order valence-corrected chi connectivity index (χ4v) is 2.94. The molecule has 0 aliphatic rings. The molecule has 0 unspecified atom stereocenters. The van der Waals surface area contributed by atoms with Gasteiger partial charge in [0, 0.05) is 43.3 Å². The minimum atomic E-state index is -0.0253. The highest BCUT2D eigenvalue weighted by atomic mass is 16.1. The number of amides is 1. The zero-order chi connectivity index (χ0) is 17.9. The van der Waals surface area contributed by atoms with E-state index in [-0.39, 0.29) is 5.91 Å². The van der Waals surface area contributed by atoms with E-state index in [0.29, 0.717) is 13.1 Å². The zero-order valence-electron chi connectivity index (χ0n) is 14.5. The van der Waals surface area contributed by atoms with Gasteiger partial charge in [-0.3, -0.25) is 14.5 Å². The molecule has 0 aliphatic heterocycles. The van der Waals surface area contributed by atoms with Gasteiger partial charge in [0.25, 0.3) is 0 Å². The molecule has 3 aromatic heterocycles. The van der Waals surface area contributed by atoms with Crippen LogP contribution < -0.4 is 5.32 Å². The molecule has 3 heterocycles. The van der Waals surface area contributed by atoms with Crippen molar-refractivity contribution < 1.29 is 4.79 Å². The highest BCUT2D eigenvalue weighted by molar-refractivity contribution is 5.83. The van der Waals surface area contributed by atoms with Gasteiger partial charge in [-0.25, -0.2) is 0 Å². The van der Waals surface area contributed by atoms with Crippen molar-refractivity contribution in [3.8, 4) is 11.3 Å². The summed E-state index contributed by atoms with van der Waals surface area (Å²) in [4.78, 5) is 16.7. The summed E-state index contributed by atoms with van der Waals surface area (Å²) in [5.41, 5.74) is 3.86. The number of aromatic nitrogens is 4. The molecule has 4 aromatic rings. The maximum atomic E-state index is 12.3. The highest BCUT2D eigenvalue weighted by Gasteiger charge is 2.07. The fraction of sp³-hybridized carbons (Fsp3) is 0.150. The minimum Gasteiger partial charge on any atom is -0.350 e. The van der Waals surface area contributed by atoms with Gasteiger partial charge in [-0.15, -0.1) is 0 Å². The summed E-state index contributed by atoms with van der Waals surface area (Å²) in [6.07, 6.45) is 7.43. The Morgan fingerprint density at radius 2 is 2.00 bits per heavy atom. The van der Waals surface area contributed by atoms with Crippen molar-refractivity contribution in [2.75, 3.05) is 0 Å². The molecule has 6 heteroatoms. The Morgan fingerprint density at radius 3 is 2.77 bits per heavy atom. The number of nitrogens with zero attached hydrogens (tertiary/aromatic N) is 4. The molecule has 0 saturated carbocycles. The second kappa shape index (κ2) is 6.84. The summed E-state index contributed by atoms with van der Waals surface area (Å²) in [7, 11) is 1.88. The molecule has 0 spiro atoms. The number of carbonyl (C=O) groups is 1. The van der Waals surface area contributed by atoms with E-state index in [2.05, 4.69) is 15.4 Å². The predicted octanol–water partition coefficient (Wildman–Crippen LogP) is 2.75. The quantitative estimate of drug-likeness (QED) is 0.605. The SMILES string of the molecule is Cn1cc(-c2ccc(CNC(=O)Cn3ccc4ccccc43)cn2)cn1. The number of carbonyl (C=O) groups excluding carboxylic acids is 1. The van der Waals surface area contributed by atoms with E-state index in [1.807, 2.05) is 66.5 Å². The van der Waals surface area contributed by atoms with Crippen LogP contribution in [0.1, 0.15) is 5.56 Å². The summed E-state index contributed by atoms with van der Waals surface area (Å²) in [6, 6.07) is 14.0. The molecule has 0 aliphatic carbocycles. The molecule has 1 N–H and O–H groups in total. The Morgan fingerprint density at radius 1 is 1.12 bits per heavy atom. The van der Waals surface area contributed by atoms with Crippen molar-refractivity contribution in [3.05, 3.63) is 72.8 Å². The lowest BCUT2D eigenvalue weighted by Gasteiger charge is -2.08. The van der Waals surface area contributed by atoms with Gasteiger partial charge in [-0.1, -0.05) is 24.3 Å². The van der Waals surface area contributed by atoms with E-state index in [1.165, 1.54) is 0 Å². The Kier molecular flexibility index (Phi) is 4.23. The number of nitrogens with one attached hydrogen (secondary N) is 1. The minimum absolute atomic E-state index is 0.0253. The van der Waals surface area contributed by atoms with Crippen molar-refractivity contribution in [3.63, 3.8) is 0 Å². The van der Waals surface area contributed by atoms with Crippen LogP contribution in [-0.4, -0.2) is 25.2 Å². The molecule has 6 nitrogen and oxygen atoms in total. The number of para-hydroxylation sites is 1. The van der Waals surface area contributed by atoms with Crippen molar-refractivity contribution in [2.24, 2.45) is 7.05 Å². The van der Waals surface area contributed by atoms with Gasteiger partial charge in [0.1, 0.15) is 6.54 Å². The molecule has 26 heavy (non-hydrogen) atoms. The van der Waals surface area contributed by atoms with Crippen LogP contribution in [0, 0.1) is 0 Å². The van der Waals surface area contributed by atoms with Crippen LogP contribution in [0.3, 0.4) is 0 Å². The smallest absolute Gasteiger partial charge is 0.240 e. The lowest BCUT2D eigenvalue weighted by atomic mass is 10.2. The summed E-state index contributed by atoms with van der Waals surface area (Å²) < 4.78 is 3.70. The second-order valence-corrected chi connectivity index (χ2v) is 6.23. The van der Waals surface area contributed by atoms with Gasteiger partial charge >= 0.3 is 0 Å². The topological polar surface area (TPSA) is 64.7 Å². The summed E-state index contributed by atoms with van der Waals surface area (Å²) >= 11 is 0. The fourth-order valence-electron chi connectivity index (χ4n) is 2.94. The van der Waals surface area contributed by atoms with Gasteiger partial charge in [-0.05, 0) is 29.1 Å². The normalized spacial score (nSPS) is 11.0. The Labute approximate surface area is 151 Å². The Balaban J connectivity index is 1.37. The standard InChI is InChI=1S/C20H19N5O/c1-24-13-17(12-23-24)18-7-6-15(10-21-18)11-22-20(26)14-25-9-8-16-4-2-3-5-19(16)25/h2-10,12-13H,11,14H2,1H3,(H,22,26). The molecule has 0 bridgehead atoms. The van der Waals surface area contributed by atoms with E-state index in [9.17, 15) is 4.79 Å². The molecular formula is C20H19N5O. The van der Waals surface area contributed by atoms with Crippen LogP contribution in [0.2, 0.25) is 0 Å². The highest BCUT2D eigenvalue weighted by Crippen LogP contribution is 2.16. The molecule has 0 atom stereocenters. The van der Waals surface area contributed by atoms with Gasteiger partial charge in [0.15, 0.2) is 0 Å². The average molecular weight is 345 g/mol. The van der Waals surface area contributed by atoms with Crippen LogP contribution in [0.15, 0.2) is 67.3 Å². The maximum Gasteiger partial charge on any atom is 0.240 e. The maximum absolute atomic E-state index is 12.3. The Bertz CT molecular complexity index is 1050.